The molecule has 1 rings (SSSR count). The normalized spacial score (nSPS) is 23.8. The van der Waals surface area contributed by atoms with E-state index in [1.54, 1.807) is 0 Å². The van der Waals surface area contributed by atoms with E-state index in [2.05, 4.69) is 24.2 Å². The quantitative estimate of drug-likeness (QED) is 0.719. The van der Waals surface area contributed by atoms with Gasteiger partial charge in [-0.05, 0) is 32.9 Å². The van der Waals surface area contributed by atoms with Crippen molar-refractivity contribution in [3.63, 3.8) is 0 Å². The second kappa shape index (κ2) is 7.21. The van der Waals surface area contributed by atoms with E-state index < -0.39 is 0 Å². The van der Waals surface area contributed by atoms with E-state index in [9.17, 15) is 0 Å². The molecule has 0 spiro atoms. The van der Waals surface area contributed by atoms with E-state index in [-0.39, 0.29) is 0 Å². The topological polar surface area (TPSA) is 24.5 Å². The molecule has 1 aliphatic rings. The molecule has 0 aromatic carbocycles. The molecule has 1 aliphatic heterocycles. The van der Waals surface area contributed by atoms with Crippen molar-refractivity contribution < 1.29 is 4.74 Å². The monoisotopic (exact) mass is 200 g/mol. The predicted octanol–water partition coefficient (Wildman–Crippen LogP) is 1.10. The highest BCUT2D eigenvalue weighted by Crippen LogP contribution is 2.07. The standard InChI is InChI=1S/C11H24N2O/c1-3-13(2)8-7-12-11-5-4-9-14-10-6-11/h11-12H,3-10H2,1-2H3. The molecule has 1 atom stereocenters. The van der Waals surface area contributed by atoms with Crippen LogP contribution in [-0.2, 0) is 4.74 Å². The van der Waals surface area contributed by atoms with Crippen molar-refractivity contribution in [2.45, 2.75) is 32.2 Å². The maximum absolute atomic E-state index is 5.42. The van der Waals surface area contributed by atoms with Gasteiger partial charge in [-0.3, -0.25) is 0 Å². The number of nitrogens with one attached hydrogen (secondary N) is 1. The Kier molecular flexibility index (Phi) is 6.15. The van der Waals surface area contributed by atoms with Gasteiger partial charge in [-0.1, -0.05) is 6.92 Å². The third-order valence-electron chi connectivity index (χ3n) is 2.92. The van der Waals surface area contributed by atoms with E-state index in [1.165, 1.54) is 19.3 Å². The van der Waals surface area contributed by atoms with Crippen molar-refractivity contribution in [1.29, 1.82) is 0 Å². The van der Waals surface area contributed by atoms with Crippen LogP contribution in [0.15, 0.2) is 0 Å². The summed E-state index contributed by atoms with van der Waals surface area (Å²) in [5, 5.41) is 3.61. The number of likely N-dealkylation sites (N-methyl/N-ethyl adjacent to an activating group) is 1. The Morgan fingerprint density at radius 1 is 1.36 bits per heavy atom. The number of nitrogens with zero attached hydrogens (tertiary/aromatic N) is 1. The highest BCUT2D eigenvalue weighted by molar-refractivity contribution is 4.69. The van der Waals surface area contributed by atoms with Gasteiger partial charge >= 0.3 is 0 Å². The highest BCUT2D eigenvalue weighted by Gasteiger charge is 2.11. The molecular weight excluding hydrogens is 176 g/mol. The zero-order valence-electron chi connectivity index (χ0n) is 9.59. The lowest BCUT2D eigenvalue weighted by Crippen LogP contribution is -2.36. The lowest BCUT2D eigenvalue weighted by Gasteiger charge is -2.19. The second-order valence-corrected chi connectivity index (χ2v) is 4.09. The van der Waals surface area contributed by atoms with Gasteiger partial charge in [-0.15, -0.1) is 0 Å². The summed E-state index contributed by atoms with van der Waals surface area (Å²) < 4.78 is 5.42. The first kappa shape index (κ1) is 12.0. The van der Waals surface area contributed by atoms with Gasteiger partial charge in [-0.25, -0.2) is 0 Å². The lowest BCUT2D eigenvalue weighted by atomic mass is 10.1. The van der Waals surface area contributed by atoms with Crippen LogP contribution >= 0.6 is 0 Å². The SMILES string of the molecule is CCN(C)CCNC1CCCOCC1. The van der Waals surface area contributed by atoms with Crippen LogP contribution in [0.5, 0.6) is 0 Å². The van der Waals surface area contributed by atoms with Gasteiger partial charge in [-0.2, -0.15) is 0 Å². The Bertz CT molecular complexity index is 133. The minimum atomic E-state index is 0.683. The molecule has 1 N–H and O–H groups in total. The third-order valence-corrected chi connectivity index (χ3v) is 2.92. The summed E-state index contributed by atoms with van der Waals surface area (Å²) in [5.41, 5.74) is 0. The van der Waals surface area contributed by atoms with E-state index in [0.717, 1.165) is 32.8 Å². The van der Waals surface area contributed by atoms with E-state index in [0.29, 0.717) is 6.04 Å². The van der Waals surface area contributed by atoms with Crippen LogP contribution in [0.2, 0.25) is 0 Å². The molecule has 1 saturated heterocycles. The van der Waals surface area contributed by atoms with Gasteiger partial charge in [0.15, 0.2) is 0 Å². The van der Waals surface area contributed by atoms with Crippen LogP contribution < -0.4 is 5.32 Å². The van der Waals surface area contributed by atoms with Crippen LogP contribution in [0, 0.1) is 0 Å². The van der Waals surface area contributed by atoms with Crippen molar-refractivity contribution in [3.05, 3.63) is 0 Å². The fourth-order valence-electron chi connectivity index (χ4n) is 1.73. The zero-order chi connectivity index (χ0) is 10.2. The number of ether oxygens (including phenoxy) is 1. The Labute approximate surface area is 87.8 Å². The second-order valence-electron chi connectivity index (χ2n) is 4.09. The minimum absolute atomic E-state index is 0.683. The molecule has 1 fully saturated rings. The van der Waals surface area contributed by atoms with Crippen LogP contribution in [-0.4, -0.2) is 50.8 Å². The minimum Gasteiger partial charge on any atom is -0.381 e. The zero-order valence-corrected chi connectivity index (χ0v) is 9.59. The predicted molar refractivity (Wildman–Crippen MR) is 59.6 cm³/mol. The molecule has 14 heavy (non-hydrogen) atoms. The Balaban J connectivity index is 2.04. The van der Waals surface area contributed by atoms with Crippen molar-refractivity contribution in [1.82, 2.24) is 10.2 Å². The van der Waals surface area contributed by atoms with Crippen LogP contribution in [0.3, 0.4) is 0 Å². The summed E-state index contributed by atoms with van der Waals surface area (Å²) in [6, 6.07) is 0.683. The first-order chi connectivity index (χ1) is 6.83. The Hall–Kier alpha value is -0.120. The molecule has 0 aliphatic carbocycles. The smallest absolute Gasteiger partial charge is 0.0480 e. The van der Waals surface area contributed by atoms with Gasteiger partial charge in [0.05, 0.1) is 0 Å². The summed E-state index contributed by atoms with van der Waals surface area (Å²) >= 11 is 0. The van der Waals surface area contributed by atoms with Gasteiger partial charge < -0.3 is 15.0 Å². The molecule has 3 heteroatoms. The number of hydrogen-bond acceptors (Lipinski definition) is 3. The van der Waals surface area contributed by atoms with Gasteiger partial charge in [0.2, 0.25) is 0 Å². The van der Waals surface area contributed by atoms with Crippen molar-refractivity contribution in [2.75, 3.05) is 39.9 Å². The maximum atomic E-state index is 5.42. The maximum Gasteiger partial charge on any atom is 0.0480 e. The molecule has 1 unspecified atom stereocenters. The Morgan fingerprint density at radius 2 is 2.21 bits per heavy atom. The van der Waals surface area contributed by atoms with Crippen LogP contribution in [0.1, 0.15) is 26.2 Å². The molecule has 0 saturated carbocycles. The summed E-state index contributed by atoms with van der Waals surface area (Å²) in [5.74, 6) is 0. The van der Waals surface area contributed by atoms with Crippen LogP contribution in [0.4, 0.5) is 0 Å². The van der Waals surface area contributed by atoms with Crippen LogP contribution in [0.25, 0.3) is 0 Å². The molecular formula is C11H24N2O. The average molecular weight is 200 g/mol. The summed E-state index contributed by atoms with van der Waals surface area (Å²) in [6.45, 7) is 7.46. The van der Waals surface area contributed by atoms with Crippen molar-refractivity contribution >= 4 is 0 Å². The Morgan fingerprint density at radius 3 is 3.00 bits per heavy atom. The number of hydrogen-bond donors (Lipinski definition) is 1. The summed E-state index contributed by atoms with van der Waals surface area (Å²) in [7, 11) is 2.16. The fraction of sp³-hybridized carbons (Fsp3) is 1.00. The molecule has 0 aromatic rings. The number of rotatable bonds is 5. The van der Waals surface area contributed by atoms with E-state index in [4.69, 9.17) is 4.74 Å². The first-order valence-corrected chi connectivity index (χ1v) is 5.82. The largest absolute Gasteiger partial charge is 0.381 e. The third kappa shape index (κ3) is 4.94. The summed E-state index contributed by atoms with van der Waals surface area (Å²) in [6.07, 6.45) is 3.66. The van der Waals surface area contributed by atoms with Gasteiger partial charge in [0.1, 0.15) is 0 Å². The fourth-order valence-corrected chi connectivity index (χ4v) is 1.73. The van der Waals surface area contributed by atoms with Crippen molar-refractivity contribution in [2.24, 2.45) is 0 Å². The first-order valence-electron chi connectivity index (χ1n) is 5.82. The summed E-state index contributed by atoms with van der Waals surface area (Å²) in [4.78, 5) is 2.33. The van der Waals surface area contributed by atoms with Gasteiger partial charge in [0.25, 0.3) is 0 Å². The van der Waals surface area contributed by atoms with E-state index in [1.807, 2.05) is 0 Å². The molecule has 1 heterocycles. The molecule has 0 aromatic heterocycles. The highest BCUT2D eigenvalue weighted by atomic mass is 16.5. The molecule has 3 nitrogen and oxygen atoms in total. The molecule has 0 amide bonds. The molecule has 0 radical (unpaired) electrons. The molecule has 84 valence electrons. The lowest BCUT2D eigenvalue weighted by molar-refractivity contribution is 0.142. The van der Waals surface area contributed by atoms with Crippen molar-refractivity contribution in [3.8, 4) is 0 Å². The van der Waals surface area contributed by atoms with Gasteiger partial charge in [0, 0.05) is 32.3 Å². The molecule has 0 bridgehead atoms. The average Bonchev–Trinajstić information content (AvgIpc) is 2.46. The van der Waals surface area contributed by atoms with E-state index >= 15 is 0 Å².